The molecular weight excluding hydrogens is 483 g/mol. The van der Waals surface area contributed by atoms with E-state index >= 15 is 0 Å². The Balaban J connectivity index is 1.86. The van der Waals surface area contributed by atoms with Gasteiger partial charge in [0.25, 0.3) is 5.91 Å². The fourth-order valence-electron chi connectivity index (χ4n) is 3.31. The molecule has 172 valence electrons. The van der Waals surface area contributed by atoms with Crippen LogP contribution in [-0.4, -0.2) is 26.6 Å². The third kappa shape index (κ3) is 4.18. The number of furan rings is 1. The molecule has 0 spiro atoms. The van der Waals surface area contributed by atoms with Gasteiger partial charge in [-0.25, -0.2) is 4.98 Å². The fourth-order valence-corrected chi connectivity index (χ4v) is 4.45. The second-order valence-electron chi connectivity index (χ2n) is 7.07. The number of aromatic nitrogens is 3. The first-order valence-corrected chi connectivity index (χ1v) is 10.5. The lowest BCUT2D eigenvalue weighted by atomic mass is 10.1. The highest BCUT2D eigenvalue weighted by molar-refractivity contribution is 7.21. The molecule has 4 heterocycles. The SMILES string of the molecule is Cc1nn(CC(=O)Nc2c(C(N)=O)sc3nc(C(F)(F)F)cc(-c4ccco4)c23)c(C)c1Cl. The van der Waals surface area contributed by atoms with E-state index in [0.29, 0.717) is 27.7 Å². The lowest BCUT2D eigenvalue weighted by Gasteiger charge is -2.11. The molecule has 4 aromatic heterocycles. The first kappa shape index (κ1) is 22.8. The van der Waals surface area contributed by atoms with E-state index in [1.807, 2.05) is 0 Å². The third-order valence-corrected chi connectivity index (χ3v) is 6.46. The van der Waals surface area contributed by atoms with E-state index in [1.165, 1.54) is 23.1 Å². The van der Waals surface area contributed by atoms with E-state index in [0.717, 1.165) is 6.07 Å². The summed E-state index contributed by atoms with van der Waals surface area (Å²) in [5, 5.41) is 7.28. The Bertz CT molecular complexity index is 1390. The minimum absolute atomic E-state index is 0.00512. The topological polar surface area (TPSA) is 116 Å². The summed E-state index contributed by atoms with van der Waals surface area (Å²) < 4.78 is 47.1. The van der Waals surface area contributed by atoms with Crippen LogP contribution in [0.5, 0.6) is 0 Å². The number of aryl methyl sites for hydroxylation is 1. The minimum atomic E-state index is -4.75. The number of rotatable bonds is 5. The monoisotopic (exact) mass is 497 g/mol. The fraction of sp³-hybridized carbons (Fsp3) is 0.200. The lowest BCUT2D eigenvalue weighted by molar-refractivity contribution is -0.140. The molecule has 0 aliphatic rings. The highest BCUT2D eigenvalue weighted by Gasteiger charge is 2.35. The summed E-state index contributed by atoms with van der Waals surface area (Å²) in [5.41, 5.74) is 5.33. The zero-order chi connectivity index (χ0) is 24.1. The van der Waals surface area contributed by atoms with Gasteiger partial charge in [0, 0.05) is 10.9 Å². The standard InChI is InChI=1S/C20H15ClF3N5O3S/c1-8-15(21)9(2)29(28-8)7-13(30)27-16-14-10(11-4-3-5-32-11)6-12(20(22,23)24)26-19(14)33-17(16)18(25)31/h3-6H,7H2,1-2H3,(H2,25,31)(H,27,30). The number of amides is 2. The molecular formula is C20H15ClF3N5O3S. The largest absolute Gasteiger partial charge is 0.464 e. The Hall–Kier alpha value is -3.38. The number of anilines is 1. The van der Waals surface area contributed by atoms with Crippen LogP contribution in [0.25, 0.3) is 21.5 Å². The molecule has 0 unspecified atom stereocenters. The number of pyridine rings is 1. The number of hydrogen-bond donors (Lipinski definition) is 2. The van der Waals surface area contributed by atoms with Crippen LogP contribution >= 0.6 is 22.9 Å². The smallest absolute Gasteiger partial charge is 0.433 e. The predicted octanol–water partition coefficient (Wildman–Crippen LogP) is 4.78. The molecule has 13 heteroatoms. The summed E-state index contributed by atoms with van der Waals surface area (Å²) >= 11 is 6.76. The van der Waals surface area contributed by atoms with Gasteiger partial charge in [-0.2, -0.15) is 18.3 Å². The van der Waals surface area contributed by atoms with Crippen molar-refractivity contribution in [1.29, 1.82) is 0 Å². The molecule has 2 amide bonds. The zero-order valence-corrected chi connectivity index (χ0v) is 18.7. The van der Waals surface area contributed by atoms with Gasteiger partial charge in [-0.3, -0.25) is 14.3 Å². The van der Waals surface area contributed by atoms with Gasteiger partial charge in [0.15, 0.2) is 0 Å². The predicted molar refractivity (Wildman–Crippen MR) is 116 cm³/mol. The number of thiophene rings is 1. The summed E-state index contributed by atoms with van der Waals surface area (Å²) in [5.74, 6) is -1.42. The Labute approximate surface area is 193 Å². The number of carbonyl (C=O) groups is 2. The van der Waals surface area contributed by atoms with E-state index in [9.17, 15) is 22.8 Å². The third-order valence-electron chi connectivity index (χ3n) is 4.81. The van der Waals surface area contributed by atoms with Crippen LogP contribution in [0.2, 0.25) is 5.02 Å². The van der Waals surface area contributed by atoms with Gasteiger partial charge >= 0.3 is 6.18 Å². The van der Waals surface area contributed by atoms with Gasteiger partial charge in [0.1, 0.15) is 27.7 Å². The van der Waals surface area contributed by atoms with Crippen LogP contribution in [0.15, 0.2) is 28.9 Å². The average molecular weight is 498 g/mol. The maximum atomic E-state index is 13.5. The molecule has 3 N–H and O–H groups in total. The van der Waals surface area contributed by atoms with E-state index < -0.39 is 23.7 Å². The molecule has 33 heavy (non-hydrogen) atoms. The summed E-state index contributed by atoms with van der Waals surface area (Å²) in [6.45, 7) is 3.11. The van der Waals surface area contributed by atoms with Crippen molar-refractivity contribution < 1.29 is 27.2 Å². The molecule has 0 saturated heterocycles. The van der Waals surface area contributed by atoms with Gasteiger partial charge in [-0.15, -0.1) is 11.3 Å². The molecule has 4 rings (SSSR count). The molecule has 0 fully saturated rings. The maximum Gasteiger partial charge on any atom is 0.433 e. The van der Waals surface area contributed by atoms with Crippen molar-refractivity contribution in [3.05, 3.63) is 51.4 Å². The molecule has 0 atom stereocenters. The van der Waals surface area contributed by atoms with Crippen LogP contribution < -0.4 is 11.1 Å². The summed E-state index contributed by atoms with van der Waals surface area (Å²) in [6, 6.07) is 3.76. The first-order chi connectivity index (χ1) is 15.5. The average Bonchev–Trinajstić information content (AvgIpc) is 3.44. The van der Waals surface area contributed by atoms with Crippen LogP contribution in [0.1, 0.15) is 26.8 Å². The number of nitrogens with two attached hydrogens (primary N) is 1. The van der Waals surface area contributed by atoms with Crippen molar-refractivity contribution in [3.8, 4) is 11.3 Å². The highest BCUT2D eigenvalue weighted by Crippen LogP contribution is 2.43. The van der Waals surface area contributed by atoms with Gasteiger partial charge in [0.05, 0.1) is 28.4 Å². The van der Waals surface area contributed by atoms with Crippen molar-refractivity contribution in [3.63, 3.8) is 0 Å². The summed E-state index contributed by atoms with van der Waals surface area (Å²) in [6.07, 6.45) is -3.45. The Morgan fingerprint density at radius 3 is 2.61 bits per heavy atom. The molecule has 0 radical (unpaired) electrons. The van der Waals surface area contributed by atoms with Gasteiger partial charge < -0.3 is 15.5 Å². The van der Waals surface area contributed by atoms with E-state index in [4.69, 9.17) is 21.8 Å². The minimum Gasteiger partial charge on any atom is -0.464 e. The number of alkyl halides is 3. The van der Waals surface area contributed by atoms with Crippen LogP contribution in [0.3, 0.4) is 0 Å². The molecule has 0 saturated carbocycles. The van der Waals surface area contributed by atoms with Gasteiger partial charge in [-0.1, -0.05) is 11.6 Å². The van der Waals surface area contributed by atoms with Crippen molar-refractivity contribution >= 4 is 50.7 Å². The molecule has 4 aromatic rings. The van der Waals surface area contributed by atoms with Crippen LogP contribution in [0, 0.1) is 13.8 Å². The van der Waals surface area contributed by atoms with Crippen molar-refractivity contribution in [2.45, 2.75) is 26.6 Å². The van der Waals surface area contributed by atoms with E-state index in [2.05, 4.69) is 15.4 Å². The van der Waals surface area contributed by atoms with Crippen LogP contribution in [-0.2, 0) is 17.5 Å². The number of primary amides is 1. The zero-order valence-electron chi connectivity index (χ0n) is 17.1. The number of halogens is 4. The molecule has 0 bridgehead atoms. The molecule has 0 aromatic carbocycles. The number of carbonyl (C=O) groups excluding carboxylic acids is 2. The maximum absolute atomic E-state index is 13.5. The highest BCUT2D eigenvalue weighted by atomic mass is 35.5. The Morgan fingerprint density at radius 1 is 1.33 bits per heavy atom. The van der Waals surface area contributed by atoms with Gasteiger partial charge in [0.2, 0.25) is 5.91 Å². The lowest BCUT2D eigenvalue weighted by Crippen LogP contribution is -2.22. The summed E-state index contributed by atoms with van der Waals surface area (Å²) in [4.78, 5) is 28.3. The van der Waals surface area contributed by atoms with Crippen LogP contribution in [0.4, 0.5) is 18.9 Å². The van der Waals surface area contributed by atoms with Crippen molar-refractivity contribution in [2.75, 3.05) is 5.32 Å². The number of hydrogen-bond acceptors (Lipinski definition) is 6. The van der Waals surface area contributed by atoms with Gasteiger partial charge in [-0.05, 0) is 32.0 Å². The Kier molecular flexibility index (Phi) is 5.66. The van der Waals surface area contributed by atoms with Crippen molar-refractivity contribution in [1.82, 2.24) is 14.8 Å². The molecule has 0 aliphatic carbocycles. The second-order valence-corrected chi connectivity index (χ2v) is 8.45. The Morgan fingerprint density at radius 2 is 2.06 bits per heavy atom. The number of fused-ring (bicyclic) bond motifs is 1. The molecule has 8 nitrogen and oxygen atoms in total. The normalized spacial score (nSPS) is 11.8. The number of nitrogens with one attached hydrogen (secondary N) is 1. The van der Waals surface area contributed by atoms with Crippen molar-refractivity contribution in [2.24, 2.45) is 5.73 Å². The van der Waals surface area contributed by atoms with E-state index in [-0.39, 0.29) is 38.6 Å². The number of nitrogens with zero attached hydrogens (tertiary/aromatic N) is 3. The first-order valence-electron chi connectivity index (χ1n) is 9.35. The quantitative estimate of drug-likeness (QED) is 0.411. The van der Waals surface area contributed by atoms with E-state index in [1.54, 1.807) is 13.8 Å². The second kappa shape index (κ2) is 8.19. The molecule has 0 aliphatic heterocycles. The summed E-state index contributed by atoms with van der Waals surface area (Å²) in [7, 11) is 0.